The van der Waals surface area contributed by atoms with Crippen LogP contribution in [0.5, 0.6) is 5.75 Å². The van der Waals surface area contributed by atoms with E-state index in [9.17, 15) is 22.8 Å². The van der Waals surface area contributed by atoms with Crippen LogP contribution < -0.4 is 15.7 Å². The van der Waals surface area contributed by atoms with E-state index in [1.54, 1.807) is 20.9 Å². The summed E-state index contributed by atoms with van der Waals surface area (Å²) in [6.07, 6.45) is -6.10. The molecule has 1 N–H and O–H groups in total. The van der Waals surface area contributed by atoms with Crippen molar-refractivity contribution in [3.05, 3.63) is 28.3 Å². The van der Waals surface area contributed by atoms with E-state index in [1.165, 1.54) is 24.9 Å². The molecule has 1 amide bonds. The molecule has 1 unspecified atom stereocenters. The van der Waals surface area contributed by atoms with Gasteiger partial charge in [0.05, 0.1) is 24.9 Å². The number of aliphatic imine (C=N–C) groups is 2. The van der Waals surface area contributed by atoms with Crippen LogP contribution in [0.3, 0.4) is 0 Å². The Balaban J connectivity index is 2.30. The lowest BCUT2D eigenvalue weighted by atomic mass is 10.0. The van der Waals surface area contributed by atoms with Gasteiger partial charge >= 0.3 is 11.8 Å². The molecule has 0 fully saturated rings. The fourth-order valence-electron chi connectivity index (χ4n) is 2.56. The smallest absolute Gasteiger partial charge is 0.389 e. The Morgan fingerprint density at radius 3 is 2.76 bits per heavy atom. The van der Waals surface area contributed by atoms with E-state index in [0.717, 1.165) is 6.07 Å². The molecule has 11 heteroatoms. The molecule has 7 nitrogen and oxygen atoms in total. The van der Waals surface area contributed by atoms with Crippen LogP contribution in [0.25, 0.3) is 0 Å². The largest absolute Gasteiger partial charge is 0.496 e. The maximum Gasteiger partial charge on any atom is 0.389 e. The summed E-state index contributed by atoms with van der Waals surface area (Å²) in [5.41, 5.74) is -1.30. The average molecular weight is 433 g/mol. The Morgan fingerprint density at radius 1 is 1.48 bits per heavy atom. The molecule has 160 valence electrons. The molecule has 2 atom stereocenters. The Bertz CT molecular complexity index is 882. The standard InChI is InChI=1S/C18H22F3N3O4S/c1-10(22-3)15-24-17(2,9-29-15)16(26)23-12(5-6-18(19,20)21)13-7-11(27-4)8-14(25)28-13/h7-8,12H,5-6,9H2,1-4H3,(H,23,26)/t12-,17?/m1/s1. The van der Waals surface area contributed by atoms with E-state index in [2.05, 4.69) is 15.3 Å². The number of carbonyl (C=O) groups is 1. The van der Waals surface area contributed by atoms with Crippen molar-refractivity contribution < 1.29 is 27.1 Å². The molecule has 0 radical (unpaired) electrons. The quantitative estimate of drug-likeness (QED) is 0.667. The summed E-state index contributed by atoms with van der Waals surface area (Å²) in [5, 5.41) is 3.16. The van der Waals surface area contributed by atoms with Crippen molar-refractivity contribution in [1.29, 1.82) is 0 Å². The molecule has 2 rings (SSSR count). The molecule has 0 saturated carbocycles. The first kappa shape index (κ1) is 23.0. The highest BCUT2D eigenvalue weighted by Crippen LogP contribution is 2.32. The lowest BCUT2D eigenvalue weighted by Gasteiger charge is -2.24. The van der Waals surface area contributed by atoms with Crippen LogP contribution in [-0.2, 0) is 4.79 Å². The van der Waals surface area contributed by atoms with Crippen molar-refractivity contribution in [3.8, 4) is 5.75 Å². The van der Waals surface area contributed by atoms with Crippen molar-refractivity contribution in [3.63, 3.8) is 0 Å². The van der Waals surface area contributed by atoms with Crippen molar-refractivity contribution in [2.75, 3.05) is 19.9 Å². The van der Waals surface area contributed by atoms with Gasteiger partial charge in [-0.15, -0.1) is 11.8 Å². The summed E-state index contributed by atoms with van der Waals surface area (Å²) >= 11 is 1.34. The first-order valence-electron chi connectivity index (χ1n) is 8.70. The Hall–Kier alpha value is -2.30. The zero-order valence-electron chi connectivity index (χ0n) is 16.4. The SMILES string of the molecule is CN=C(C)C1=NC(C)(C(=O)N[C@H](CCC(F)(F)F)c2cc(OC)cc(=O)o2)CS1. The summed E-state index contributed by atoms with van der Waals surface area (Å²) < 4.78 is 48.4. The van der Waals surface area contributed by atoms with Gasteiger partial charge in [0, 0.05) is 25.3 Å². The molecular weight excluding hydrogens is 411 g/mol. The number of halogens is 3. The minimum absolute atomic E-state index is 0.114. The van der Waals surface area contributed by atoms with Crippen LogP contribution in [0.2, 0.25) is 0 Å². The molecule has 0 saturated heterocycles. The molecule has 1 aliphatic rings. The molecule has 1 aromatic heterocycles. The second-order valence-corrected chi connectivity index (χ2v) is 7.65. The Kier molecular flexibility index (Phi) is 7.15. The van der Waals surface area contributed by atoms with E-state index in [-0.39, 0.29) is 11.5 Å². The van der Waals surface area contributed by atoms with E-state index >= 15 is 0 Å². The molecule has 0 bridgehead atoms. The minimum Gasteiger partial charge on any atom is -0.496 e. The van der Waals surface area contributed by atoms with Crippen molar-refractivity contribution >= 4 is 28.4 Å². The van der Waals surface area contributed by atoms with Gasteiger partial charge in [-0.1, -0.05) is 0 Å². The molecule has 2 heterocycles. The van der Waals surface area contributed by atoms with Crippen LogP contribution in [-0.4, -0.2) is 48.3 Å². The first-order valence-corrected chi connectivity index (χ1v) is 9.69. The highest BCUT2D eigenvalue weighted by atomic mass is 32.2. The number of nitrogens with zero attached hydrogens (tertiary/aromatic N) is 2. The van der Waals surface area contributed by atoms with E-state index in [0.29, 0.717) is 16.5 Å². The van der Waals surface area contributed by atoms with Gasteiger partial charge in [-0.25, -0.2) is 4.79 Å². The van der Waals surface area contributed by atoms with Crippen molar-refractivity contribution in [2.24, 2.45) is 9.98 Å². The number of carbonyl (C=O) groups excluding carboxylic acids is 1. The first-order chi connectivity index (χ1) is 13.5. The maximum absolute atomic E-state index is 12.9. The van der Waals surface area contributed by atoms with E-state index in [4.69, 9.17) is 9.15 Å². The topological polar surface area (TPSA) is 93.3 Å². The Labute approximate surface area is 169 Å². The van der Waals surface area contributed by atoms with Crippen LogP contribution in [0.4, 0.5) is 13.2 Å². The molecule has 0 aliphatic carbocycles. The summed E-state index contributed by atoms with van der Waals surface area (Å²) in [4.78, 5) is 33.0. The van der Waals surface area contributed by atoms with Crippen molar-refractivity contribution in [2.45, 2.75) is 44.4 Å². The van der Waals surface area contributed by atoms with Gasteiger partial charge in [0.2, 0.25) is 5.91 Å². The van der Waals surface area contributed by atoms with E-state index in [1.807, 2.05) is 0 Å². The monoisotopic (exact) mass is 433 g/mol. The second kappa shape index (κ2) is 9.02. The minimum atomic E-state index is -4.44. The number of ether oxygens (including phenoxy) is 1. The fourth-order valence-corrected chi connectivity index (χ4v) is 3.74. The van der Waals surface area contributed by atoms with E-state index < -0.39 is 42.1 Å². The number of alkyl halides is 3. The molecule has 0 aromatic carbocycles. The van der Waals surface area contributed by atoms with Gasteiger partial charge < -0.3 is 14.5 Å². The number of amides is 1. The lowest BCUT2D eigenvalue weighted by Crippen LogP contribution is -2.45. The van der Waals surface area contributed by atoms with Crippen LogP contribution in [0.1, 0.15) is 38.5 Å². The molecule has 0 spiro atoms. The second-order valence-electron chi connectivity index (χ2n) is 6.69. The van der Waals surface area contributed by atoms with Crippen LogP contribution >= 0.6 is 11.8 Å². The molecule has 1 aliphatic heterocycles. The zero-order valence-corrected chi connectivity index (χ0v) is 17.2. The maximum atomic E-state index is 12.9. The lowest BCUT2D eigenvalue weighted by molar-refractivity contribution is -0.139. The van der Waals surface area contributed by atoms with Gasteiger partial charge in [-0.2, -0.15) is 13.2 Å². The van der Waals surface area contributed by atoms with Gasteiger partial charge in [-0.05, 0) is 20.3 Å². The average Bonchev–Trinajstić information content (AvgIpc) is 3.06. The number of methoxy groups -OCH3 is 1. The molecular formula is C18H22F3N3O4S. The predicted octanol–water partition coefficient (Wildman–Crippen LogP) is 3.14. The van der Waals surface area contributed by atoms with Crippen LogP contribution in [0.15, 0.2) is 31.3 Å². The van der Waals surface area contributed by atoms with Gasteiger partial charge in [0.25, 0.3) is 0 Å². The Morgan fingerprint density at radius 2 is 2.17 bits per heavy atom. The molecule has 29 heavy (non-hydrogen) atoms. The predicted molar refractivity (Wildman–Crippen MR) is 105 cm³/mol. The van der Waals surface area contributed by atoms with Crippen molar-refractivity contribution in [1.82, 2.24) is 5.32 Å². The number of hydrogen-bond donors (Lipinski definition) is 1. The summed E-state index contributed by atoms with van der Waals surface area (Å²) in [6, 6.07) is 1.18. The fraction of sp³-hybridized carbons (Fsp3) is 0.556. The summed E-state index contributed by atoms with van der Waals surface area (Å²) in [5.74, 6) is -0.242. The van der Waals surface area contributed by atoms with Gasteiger partial charge in [-0.3, -0.25) is 14.8 Å². The summed E-state index contributed by atoms with van der Waals surface area (Å²) in [7, 11) is 2.92. The third-order valence-corrected chi connectivity index (χ3v) is 5.70. The highest BCUT2D eigenvalue weighted by Gasteiger charge is 2.40. The van der Waals surface area contributed by atoms with Gasteiger partial charge in [0.1, 0.15) is 22.1 Å². The number of hydrogen-bond acceptors (Lipinski definition) is 7. The zero-order chi connectivity index (χ0) is 21.8. The highest BCUT2D eigenvalue weighted by molar-refractivity contribution is 8.16. The number of thioether (sulfide) groups is 1. The number of rotatable bonds is 7. The number of nitrogens with one attached hydrogen (secondary N) is 1. The van der Waals surface area contributed by atoms with Gasteiger partial charge in [0.15, 0.2) is 0 Å². The van der Waals surface area contributed by atoms with Crippen LogP contribution in [0, 0.1) is 0 Å². The summed E-state index contributed by atoms with van der Waals surface area (Å²) in [6.45, 7) is 3.35. The third-order valence-electron chi connectivity index (χ3n) is 4.34. The third kappa shape index (κ3) is 6.09. The normalized spacial score (nSPS) is 20.9. The molecule has 1 aromatic rings.